The van der Waals surface area contributed by atoms with Crippen molar-refractivity contribution in [3.05, 3.63) is 81.6 Å². The molecule has 0 saturated heterocycles. The van der Waals surface area contributed by atoms with E-state index in [-0.39, 0.29) is 23.3 Å². The second-order valence-electron chi connectivity index (χ2n) is 7.15. The predicted octanol–water partition coefficient (Wildman–Crippen LogP) is 5.55. The highest BCUT2D eigenvalue weighted by Crippen LogP contribution is 2.35. The van der Waals surface area contributed by atoms with Gasteiger partial charge in [0.1, 0.15) is 17.9 Å². The van der Waals surface area contributed by atoms with E-state index in [4.69, 9.17) is 25.5 Å². The number of aromatic nitrogens is 1. The van der Waals surface area contributed by atoms with E-state index in [0.717, 1.165) is 0 Å². The summed E-state index contributed by atoms with van der Waals surface area (Å²) in [4.78, 5) is 17.5. The Labute approximate surface area is 181 Å². The summed E-state index contributed by atoms with van der Waals surface area (Å²) >= 11 is 5.76. The van der Waals surface area contributed by atoms with Crippen LogP contribution in [0.1, 0.15) is 18.5 Å². The molecule has 0 saturated carbocycles. The van der Waals surface area contributed by atoms with Crippen molar-refractivity contribution in [2.45, 2.75) is 13.0 Å². The summed E-state index contributed by atoms with van der Waals surface area (Å²) in [5, 5.41) is 3.62. The molecule has 1 atom stereocenters. The number of hydrogen-bond donors (Lipinski definition) is 1. The molecule has 31 heavy (non-hydrogen) atoms. The van der Waals surface area contributed by atoms with Crippen LogP contribution in [0.5, 0.6) is 11.5 Å². The van der Waals surface area contributed by atoms with Crippen molar-refractivity contribution in [2.75, 3.05) is 12.1 Å². The summed E-state index contributed by atoms with van der Waals surface area (Å²) in [6.07, 6.45) is 2.90. The molecule has 0 spiro atoms. The molecule has 0 fully saturated rings. The van der Waals surface area contributed by atoms with E-state index in [9.17, 15) is 9.18 Å². The standard InChI is InChI=1S/C23H16ClFN2O4/c1-12(13-2-4-17(24)18(25)6-13)27-22-8-15-21(9-26-22)29-10-16(23(15)28)14-3-5-19-20(7-14)31-11-30-19/h2-10,12H,11H2,1H3,(H,26,27)/t12-/m0/s1. The monoisotopic (exact) mass is 438 g/mol. The lowest BCUT2D eigenvalue weighted by Crippen LogP contribution is -2.10. The quantitative estimate of drug-likeness (QED) is 0.450. The molecular weight excluding hydrogens is 423 g/mol. The zero-order valence-corrected chi connectivity index (χ0v) is 17.1. The minimum absolute atomic E-state index is 0.0634. The van der Waals surface area contributed by atoms with Crippen LogP contribution in [-0.2, 0) is 0 Å². The molecule has 4 aromatic rings. The molecule has 6 nitrogen and oxygen atoms in total. The zero-order chi connectivity index (χ0) is 21.5. The number of rotatable bonds is 4. The molecule has 2 aromatic carbocycles. The normalized spacial score (nSPS) is 13.4. The molecule has 1 aliphatic rings. The zero-order valence-electron chi connectivity index (χ0n) is 16.3. The Kier molecular flexibility index (Phi) is 4.75. The molecule has 0 amide bonds. The Balaban J connectivity index is 1.49. The van der Waals surface area contributed by atoms with Gasteiger partial charge in [-0.1, -0.05) is 23.7 Å². The highest BCUT2D eigenvalue weighted by Gasteiger charge is 2.17. The lowest BCUT2D eigenvalue weighted by molar-refractivity contribution is 0.174. The second-order valence-corrected chi connectivity index (χ2v) is 7.56. The molecule has 3 heterocycles. The van der Waals surface area contributed by atoms with Crippen LogP contribution in [0, 0.1) is 5.82 Å². The second kappa shape index (κ2) is 7.59. The molecule has 1 aliphatic heterocycles. The lowest BCUT2D eigenvalue weighted by Gasteiger charge is -2.15. The Hall–Kier alpha value is -3.58. The van der Waals surface area contributed by atoms with Crippen molar-refractivity contribution in [3.63, 3.8) is 0 Å². The highest BCUT2D eigenvalue weighted by atomic mass is 35.5. The lowest BCUT2D eigenvalue weighted by atomic mass is 10.1. The number of anilines is 1. The van der Waals surface area contributed by atoms with Crippen molar-refractivity contribution < 1.29 is 18.3 Å². The van der Waals surface area contributed by atoms with Gasteiger partial charge in [-0.2, -0.15) is 0 Å². The maximum atomic E-state index is 13.8. The molecule has 8 heteroatoms. The summed E-state index contributed by atoms with van der Waals surface area (Å²) in [5.74, 6) is 1.19. The van der Waals surface area contributed by atoms with Gasteiger partial charge in [-0.3, -0.25) is 4.79 Å². The SMILES string of the molecule is C[C@H](Nc1cc2c(=O)c(-c3ccc4c(c3)OCO4)coc2cn1)c1ccc(Cl)c(F)c1. The van der Waals surface area contributed by atoms with Gasteiger partial charge in [0.15, 0.2) is 17.1 Å². The van der Waals surface area contributed by atoms with Crippen molar-refractivity contribution >= 4 is 28.4 Å². The minimum atomic E-state index is -0.492. The van der Waals surface area contributed by atoms with Crippen LogP contribution in [0.15, 0.2) is 64.1 Å². The van der Waals surface area contributed by atoms with Crippen LogP contribution in [0.2, 0.25) is 5.02 Å². The molecule has 5 rings (SSSR count). The number of benzene rings is 2. The fourth-order valence-electron chi connectivity index (χ4n) is 3.46. The predicted molar refractivity (Wildman–Crippen MR) is 115 cm³/mol. The fraction of sp³-hybridized carbons (Fsp3) is 0.130. The summed E-state index contributed by atoms with van der Waals surface area (Å²) in [5.41, 5.74) is 1.93. The van der Waals surface area contributed by atoms with Crippen LogP contribution in [-0.4, -0.2) is 11.8 Å². The van der Waals surface area contributed by atoms with E-state index in [1.54, 1.807) is 30.3 Å². The first-order valence-corrected chi connectivity index (χ1v) is 9.90. The van der Waals surface area contributed by atoms with Gasteiger partial charge in [-0.05, 0) is 48.4 Å². The minimum Gasteiger partial charge on any atom is -0.462 e. The number of halogens is 2. The van der Waals surface area contributed by atoms with Crippen LogP contribution in [0.3, 0.4) is 0 Å². The Morgan fingerprint density at radius 3 is 2.81 bits per heavy atom. The molecule has 0 radical (unpaired) electrons. The first-order chi connectivity index (χ1) is 15.0. The van der Waals surface area contributed by atoms with E-state index >= 15 is 0 Å². The number of pyridine rings is 1. The summed E-state index contributed by atoms with van der Waals surface area (Å²) in [7, 11) is 0. The van der Waals surface area contributed by atoms with Gasteiger partial charge in [0.25, 0.3) is 0 Å². The van der Waals surface area contributed by atoms with E-state index in [0.29, 0.717) is 45.0 Å². The van der Waals surface area contributed by atoms with Crippen molar-refractivity contribution in [1.82, 2.24) is 4.98 Å². The smallest absolute Gasteiger partial charge is 0.231 e. The number of fused-ring (bicyclic) bond motifs is 2. The van der Waals surface area contributed by atoms with Crippen LogP contribution in [0.25, 0.3) is 22.1 Å². The maximum absolute atomic E-state index is 13.8. The Morgan fingerprint density at radius 1 is 1.13 bits per heavy atom. The molecule has 0 aliphatic carbocycles. The largest absolute Gasteiger partial charge is 0.462 e. The van der Waals surface area contributed by atoms with Gasteiger partial charge < -0.3 is 19.2 Å². The number of nitrogens with one attached hydrogen (secondary N) is 1. The van der Waals surface area contributed by atoms with Gasteiger partial charge in [0, 0.05) is 0 Å². The van der Waals surface area contributed by atoms with E-state index < -0.39 is 5.82 Å². The number of ether oxygens (including phenoxy) is 2. The fourth-order valence-corrected chi connectivity index (χ4v) is 3.58. The molecular formula is C23H16ClFN2O4. The van der Waals surface area contributed by atoms with Gasteiger partial charge in [0.05, 0.1) is 28.2 Å². The summed E-state index contributed by atoms with van der Waals surface area (Å²) < 4.78 is 30.1. The topological polar surface area (TPSA) is 73.6 Å². The van der Waals surface area contributed by atoms with Gasteiger partial charge in [-0.15, -0.1) is 0 Å². The summed E-state index contributed by atoms with van der Waals surface area (Å²) in [6.45, 7) is 2.02. The van der Waals surface area contributed by atoms with E-state index in [1.165, 1.54) is 24.6 Å². The first-order valence-electron chi connectivity index (χ1n) is 9.52. The van der Waals surface area contributed by atoms with Gasteiger partial charge >= 0.3 is 0 Å². The average molecular weight is 439 g/mol. The third-order valence-electron chi connectivity index (χ3n) is 5.15. The Morgan fingerprint density at radius 2 is 1.97 bits per heavy atom. The van der Waals surface area contributed by atoms with Crippen LogP contribution < -0.4 is 20.2 Å². The molecule has 0 unspecified atom stereocenters. The van der Waals surface area contributed by atoms with E-state index in [1.807, 2.05) is 6.92 Å². The van der Waals surface area contributed by atoms with Crippen molar-refractivity contribution in [3.8, 4) is 22.6 Å². The molecule has 1 N–H and O–H groups in total. The molecule has 2 aromatic heterocycles. The van der Waals surface area contributed by atoms with Gasteiger partial charge in [0.2, 0.25) is 12.2 Å². The number of nitrogens with zero attached hydrogens (tertiary/aromatic N) is 1. The maximum Gasteiger partial charge on any atom is 0.231 e. The third kappa shape index (κ3) is 3.57. The first kappa shape index (κ1) is 19.4. The Bertz CT molecular complexity index is 1370. The number of hydrogen-bond acceptors (Lipinski definition) is 6. The molecule has 0 bridgehead atoms. The van der Waals surface area contributed by atoms with Crippen LogP contribution >= 0.6 is 11.6 Å². The summed E-state index contributed by atoms with van der Waals surface area (Å²) in [6, 6.07) is 11.3. The molecule has 156 valence electrons. The van der Waals surface area contributed by atoms with Crippen molar-refractivity contribution in [1.29, 1.82) is 0 Å². The average Bonchev–Trinajstić information content (AvgIpc) is 3.24. The van der Waals surface area contributed by atoms with Gasteiger partial charge in [-0.25, -0.2) is 9.37 Å². The van der Waals surface area contributed by atoms with Crippen LogP contribution in [0.4, 0.5) is 10.2 Å². The van der Waals surface area contributed by atoms with Crippen molar-refractivity contribution in [2.24, 2.45) is 0 Å². The van der Waals surface area contributed by atoms with E-state index in [2.05, 4.69) is 10.3 Å². The third-order valence-corrected chi connectivity index (χ3v) is 5.46. The highest BCUT2D eigenvalue weighted by molar-refractivity contribution is 6.30.